The van der Waals surface area contributed by atoms with Crippen molar-refractivity contribution in [3.8, 4) is 11.1 Å². The quantitative estimate of drug-likeness (QED) is 0.384. The molecule has 3 heterocycles. The Bertz CT molecular complexity index is 1280. The van der Waals surface area contributed by atoms with Gasteiger partial charge >= 0.3 is 0 Å². The van der Waals surface area contributed by atoms with E-state index in [1.54, 1.807) is 0 Å². The molecule has 0 aliphatic heterocycles. The Labute approximate surface area is 138 Å². The third kappa shape index (κ3) is 1.42. The number of imidazole rings is 1. The molecule has 5 aromatic rings. The lowest BCUT2D eigenvalue weighted by Gasteiger charge is -2.10. The predicted molar refractivity (Wildman–Crippen MR) is 96.2 cm³/mol. The second-order valence-corrected chi connectivity index (χ2v) is 6.40. The summed E-state index contributed by atoms with van der Waals surface area (Å²) in [5.74, 6) is 0. The van der Waals surface area contributed by atoms with Crippen LogP contribution in [-0.2, 0) is 6.42 Å². The topological polar surface area (TPSA) is 30.2 Å². The van der Waals surface area contributed by atoms with Gasteiger partial charge in [-0.15, -0.1) is 0 Å². The van der Waals surface area contributed by atoms with Gasteiger partial charge in [-0.3, -0.25) is 9.38 Å². The third-order valence-corrected chi connectivity index (χ3v) is 5.16. The minimum atomic E-state index is 0.999. The van der Waals surface area contributed by atoms with Crippen molar-refractivity contribution in [2.75, 3.05) is 0 Å². The van der Waals surface area contributed by atoms with E-state index in [0.29, 0.717) is 0 Å². The molecule has 1 aliphatic carbocycles. The Balaban J connectivity index is 1.85. The van der Waals surface area contributed by atoms with Crippen LogP contribution in [0.5, 0.6) is 0 Å². The van der Waals surface area contributed by atoms with Crippen molar-refractivity contribution in [2.24, 2.45) is 0 Å². The number of rotatable bonds is 0. The van der Waals surface area contributed by atoms with E-state index in [9.17, 15) is 0 Å². The summed E-state index contributed by atoms with van der Waals surface area (Å²) in [5, 5.41) is 3.60. The van der Waals surface area contributed by atoms with Gasteiger partial charge in [-0.05, 0) is 52.3 Å². The van der Waals surface area contributed by atoms with E-state index < -0.39 is 0 Å². The van der Waals surface area contributed by atoms with E-state index in [4.69, 9.17) is 0 Å². The molecule has 112 valence electrons. The van der Waals surface area contributed by atoms with Crippen molar-refractivity contribution in [1.82, 2.24) is 14.4 Å². The number of nitrogens with zero attached hydrogens (tertiary/aromatic N) is 3. The minimum Gasteiger partial charge on any atom is -0.299 e. The van der Waals surface area contributed by atoms with Crippen molar-refractivity contribution < 1.29 is 0 Å². The molecule has 0 N–H and O–H groups in total. The number of hydrogen-bond acceptors (Lipinski definition) is 2. The number of benzene rings is 2. The van der Waals surface area contributed by atoms with E-state index in [1.165, 1.54) is 38.4 Å². The molecule has 3 nitrogen and oxygen atoms in total. The van der Waals surface area contributed by atoms with Gasteiger partial charge in [0.25, 0.3) is 0 Å². The van der Waals surface area contributed by atoms with Crippen LogP contribution in [0.2, 0.25) is 0 Å². The molecule has 0 fully saturated rings. The SMILES string of the molecule is c1ccc2c(c1)Cc1cc3c(cc1-2)c1cnccc1n1ccnc31. The van der Waals surface area contributed by atoms with Crippen molar-refractivity contribution >= 4 is 27.3 Å². The second kappa shape index (κ2) is 4.20. The minimum absolute atomic E-state index is 0.999. The first kappa shape index (κ1) is 12.3. The Kier molecular flexibility index (Phi) is 2.15. The molecule has 0 radical (unpaired) electrons. The largest absolute Gasteiger partial charge is 0.299 e. The third-order valence-electron chi connectivity index (χ3n) is 5.16. The fourth-order valence-electron chi connectivity index (χ4n) is 4.09. The molecule has 0 bridgehead atoms. The Hall–Kier alpha value is -3.20. The highest BCUT2D eigenvalue weighted by atomic mass is 15.0. The molecule has 0 spiro atoms. The molecule has 0 saturated carbocycles. The van der Waals surface area contributed by atoms with E-state index in [-0.39, 0.29) is 0 Å². The van der Waals surface area contributed by atoms with Crippen LogP contribution in [0.15, 0.2) is 67.3 Å². The van der Waals surface area contributed by atoms with E-state index in [2.05, 4.69) is 56.8 Å². The summed E-state index contributed by atoms with van der Waals surface area (Å²) >= 11 is 0. The van der Waals surface area contributed by atoms with Gasteiger partial charge < -0.3 is 0 Å². The first-order valence-corrected chi connectivity index (χ1v) is 8.14. The van der Waals surface area contributed by atoms with Crippen LogP contribution >= 0.6 is 0 Å². The molecule has 0 saturated heterocycles. The Morgan fingerprint density at radius 3 is 2.79 bits per heavy atom. The van der Waals surface area contributed by atoms with Crippen LogP contribution in [0.25, 0.3) is 38.4 Å². The first-order valence-electron chi connectivity index (χ1n) is 8.14. The number of fused-ring (bicyclic) bond motifs is 9. The monoisotopic (exact) mass is 307 g/mol. The summed E-state index contributed by atoms with van der Waals surface area (Å²) in [6, 6.07) is 15.4. The maximum absolute atomic E-state index is 4.61. The lowest BCUT2D eigenvalue weighted by Crippen LogP contribution is -1.92. The van der Waals surface area contributed by atoms with Gasteiger partial charge in [0, 0.05) is 35.6 Å². The molecule has 24 heavy (non-hydrogen) atoms. The molecular formula is C21H13N3. The fourth-order valence-corrected chi connectivity index (χ4v) is 4.09. The highest BCUT2D eigenvalue weighted by molar-refractivity contribution is 6.13. The van der Waals surface area contributed by atoms with Crippen LogP contribution in [0.3, 0.4) is 0 Å². The number of aromatic nitrogens is 3. The summed E-state index contributed by atoms with van der Waals surface area (Å²) in [4.78, 5) is 8.97. The molecule has 6 rings (SSSR count). The maximum Gasteiger partial charge on any atom is 0.145 e. The zero-order valence-corrected chi connectivity index (χ0v) is 12.9. The first-order chi connectivity index (χ1) is 11.9. The summed E-state index contributed by atoms with van der Waals surface area (Å²) in [5.41, 5.74) is 7.66. The molecule has 1 aliphatic rings. The zero-order valence-electron chi connectivity index (χ0n) is 12.9. The highest BCUT2D eigenvalue weighted by Gasteiger charge is 2.20. The van der Waals surface area contributed by atoms with Crippen molar-refractivity contribution in [3.05, 3.63) is 78.4 Å². The van der Waals surface area contributed by atoms with Crippen molar-refractivity contribution in [2.45, 2.75) is 6.42 Å². The highest BCUT2D eigenvalue weighted by Crippen LogP contribution is 2.41. The Morgan fingerprint density at radius 1 is 0.833 bits per heavy atom. The van der Waals surface area contributed by atoms with Gasteiger partial charge in [-0.2, -0.15) is 0 Å². The molecule has 0 amide bonds. The lowest BCUT2D eigenvalue weighted by atomic mass is 9.99. The average Bonchev–Trinajstić information content (AvgIpc) is 3.25. The molecule has 0 unspecified atom stereocenters. The average molecular weight is 307 g/mol. The van der Waals surface area contributed by atoms with Crippen LogP contribution in [0.1, 0.15) is 11.1 Å². The van der Waals surface area contributed by atoms with Crippen LogP contribution in [-0.4, -0.2) is 14.4 Å². The Morgan fingerprint density at radius 2 is 1.79 bits per heavy atom. The van der Waals surface area contributed by atoms with Gasteiger partial charge in [0.2, 0.25) is 0 Å². The van der Waals surface area contributed by atoms with Gasteiger partial charge in [0.05, 0.1) is 5.52 Å². The summed E-state index contributed by atoms with van der Waals surface area (Å²) in [6.07, 6.45) is 8.70. The van der Waals surface area contributed by atoms with Gasteiger partial charge in [0.1, 0.15) is 5.65 Å². The molecule has 3 heteroatoms. The normalized spacial score (nSPS) is 12.8. The number of hydrogen-bond donors (Lipinski definition) is 0. The van der Waals surface area contributed by atoms with Crippen molar-refractivity contribution in [1.29, 1.82) is 0 Å². The van der Waals surface area contributed by atoms with Crippen molar-refractivity contribution in [3.63, 3.8) is 0 Å². The van der Waals surface area contributed by atoms with Gasteiger partial charge in [-0.1, -0.05) is 24.3 Å². The summed E-state index contributed by atoms with van der Waals surface area (Å²) in [6.45, 7) is 0. The smallest absolute Gasteiger partial charge is 0.145 e. The lowest BCUT2D eigenvalue weighted by molar-refractivity contribution is 1.24. The van der Waals surface area contributed by atoms with Crippen LogP contribution in [0, 0.1) is 0 Å². The van der Waals surface area contributed by atoms with E-state index in [0.717, 1.165) is 17.6 Å². The van der Waals surface area contributed by atoms with Gasteiger partial charge in [0.15, 0.2) is 0 Å². The van der Waals surface area contributed by atoms with E-state index in [1.807, 2.05) is 24.8 Å². The standard InChI is InChI=1S/C21H13N3/c1-2-4-15-13(3-1)9-14-10-18-17(11-16(14)15)19-12-22-6-5-20(19)24-8-7-23-21(18)24/h1-8,10-12H,9H2. The summed E-state index contributed by atoms with van der Waals surface area (Å²) in [7, 11) is 0. The summed E-state index contributed by atoms with van der Waals surface area (Å²) < 4.78 is 2.16. The van der Waals surface area contributed by atoms with Crippen LogP contribution in [0.4, 0.5) is 0 Å². The zero-order chi connectivity index (χ0) is 15.7. The second-order valence-electron chi connectivity index (χ2n) is 6.40. The predicted octanol–water partition coefficient (Wildman–Crippen LogP) is 4.61. The number of pyridine rings is 2. The van der Waals surface area contributed by atoms with Crippen LogP contribution < -0.4 is 0 Å². The molecule has 3 aromatic heterocycles. The molecular weight excluding hydrogens is 294 g/mol. The van der Waals surface area contributed by atoms with E-state index >= 15 is 0 Å². The molecule has 0 atom stereocenters. The maximum atomic E-state index is 4.61. The van der Waals surface area contributed by atoms with Gasteiger partial charge in [-0.25, -0.2) is 4.98 Å². The fraction of sp³-hybridized carbons (Fsp3) is 0.0476. The molecule has 2 aromatic carbocycles.